The first kappa shape index (κ1) is 31.2. The molecule has 0 aliphatic carbocycles. The summed E-state index contributed by atoms with van der Waals surface area (Å²) in [5.41, 5.74) is -0.0598. The molecule has 0 N–H and O–H groups in total. The first-order valence-electron chi connectivity index (χ1n) is 13.6. The van der Waals surface area contributed by atoms with Gasteiger partial charge in [0.15, 0.2) is 11.5 Å². The molecule has 3 aromatic carbocycles. The lowest BCUT2D eigenvalue weighted by Crippen LogP contribution is -2.16. The molecule has 1 heterocycles. The summed E-state index contributed by atoms with van der Waals surface area (Å²) in [5, 5.41) is -0.178. The maximum Gasteiger partial charge on any atom is 0.453 e. The summed E-state index contributed by atoms with van der Waals surface area (Å²) in [6, 6.07) is 15.1. The molecule has 4 rings (SSSR count). The number of rotatable bonds is 9. The van der Waals surface area contributed by atoms with Gasteiger partial charge in [0, 0.05) is 12.1 Å². The number of ether oxygens (including phenoxy) is 4. The molecule has 0 saturated carbocycles. The van der Waals surface area contributed by atoms with Crippen LogP contribution in [-0.2, 0) is 16.4 Å². The fourth-order valence-electron chi connectivity index (χ4n) is 4.13. The molecule has 0 unspecified atom stereocenters. The minimum atomic E-state index is -5.04. The maximum absolute atomic E-state index is 14.0. The van der Waals surface area contributed by atoms with Crippen LogP contribution in [0, 0.1) is 0 Å². The van der Waals surface area contributed by atoms with E-state index in [9.17, 15) is 22.8 Å². The van der Waals surface area contributed by atoms with Crippen molar-refractivity contribution < 1.29 is 41.3 Å². The number of hydrogen-bond acceptors (Lipinski definition) is 7. The van der Waals surface area contributed by atoms with Crippen LogP contribution in [0.15, 0.2) is 76.0 Å². The van der Waals surface area contributed by atoms with E-state index in [1.54, 1.807) is 30.3 Å². The molecular formula is C33H31F3O7. The fraction of sp³-hybridized carbons (Fsp3) is 0.273. The van der Waals surface area contributed by atoms with Crippen molar-refractivity contribution in [3.8, 4) is 28.7 Å². The van der Waals surface area contributed by atoms with Crippen molar-refractivity contribution in [3.63, 3.8) is 0 Å². The second kappa shape index (κ2) is 12.6. The molecule has 0 bridgehead atoms. The van der Waals surface area contributed by atoms with Gasteiger partial charge in [-0.3, -0.25) is 4.79 Å². The van der Waals surface area contributed by atoms with Crippen molar-refractivity contribution >= 4 is 23.0 Å². The molecule has 0 radical (unpaired) electrons. The van der Waals surface area contributed by atoms with Crippen LogP contribution in [0.4, 0.5) is 13.2 Å². The number of carbonyl (C=O) groups excluding carboxylic acids is 1. The maximum atomic E-state index is 14.0. The Morgan fingerprint density at radius 2 is 1.51 bits per heavy atom. The third-order valence-electron chi connectivity index (χ3n) is 6.22. The number of halogens is 3. The lowest BCUT2D eigenvalue weighted by Gasteiger charge is -2.19. The van der Waals surface area contributed by atoms with Crippen LogP contribution in [0.5, 0.6) is 28.7 Å². The molecule has 1 aromatic heterocycles. The summed E-state index contributed by atoms with van der Waals surface area (Å²) in [5.74, 6) is -2.40. The number of esters is 1. The zero-order chi connectivity index (χ0) is 31.4. The highest BCUT2D eigenvalue weighted by atomic mass is 19.4. The number of carbonyl (C=O) groups is 1. The largest absolute Gasteiger partial charge is 0.490 e. The normalized spacial score (nSPS) is 12.0. The van der Waals surface area contributed by atoms with Crippen LogP contribution in [-0.4, -0.2) is 19.2 Å². The van der Waals surface area contributed by atoms with E-state index < -0.39 is 34.7 Å². The van der Waals surface area contributed by atoms with E-state index in [2.05, 4.69) is 0 Å². The van der Waals surface area contributed by atoms with Crippen LogP contribution < -0.4 is 24.4 Å². The van der Waals surface area contributed by atoms with E-state index in [0.29, 0.717) is 30.3 Å². The predicted molar refractivity (Wildman–Crippen MR) is 156 cm³/mol. The average molecular weight is 597 g/mol. The topological polar surface area (TPSA) is 84.2 Å². The highest BCUT2D eigenvalue weighted by Crippen LogP contribution is 2.39. The van der Waals surface area contributed by atoms with Gasteiger partial charge in [-0.25, -0.2) is 4.79 Å². The Morgan fingerprint density at radius 1 is 0.860 bits per heavy atom. The Kier molecular flexibility index (Phi) is 9.18. The molecule has 43 heavy (non-hydrogen) atoms. The lowest BCUT2D eigenvalue weighted by atomic mass is 9.87. The van der Waals surface area contributed by atoms with Crippen molar-refractivity contribution in [2.24, 2.45) is 0 Å². The highest BCUT2D eigenvalue weighted by Gasteiger charge is 2.40. The zero-order valence-corrected chi connectivity index (χ0v) is 24.3. The van der Waals surface area contributed by atoms with E-state index in [4.69, 9.17) is 23.4 Å². The Labute approximate surface area is 246 Å². The third-order valence-corrected chi connectivity index (χ3v) is 6.22. The Balaban J connectivity index is 1.59. The summed E-state index contributed by atoms with van der Waals surface area (Å²) in [6.07, 6.45) is -2.41. The number of benzene rings is 3. The van der Waals surface area contributed by atoms with Gasteiger partial charge in [-0.1, -0.05) is 39.0 Å². The van der Waals surface area contributed by atoms with Gasteiger partial charge in [-0.05, 0) is 72.9 Å². The molecule has 0 saturated heterocycles. The quantitative estimate of drug-likeness (QED) is 0.109. The average Bonchev–Trinajstić information content (AvgIpc) is 2.94. The number of alkyl halides is 3. The van der Waals surface area contributed by atoms with Crippen molar-refractivity contribution in [1.29, 1.82) is 0 Å². The summed E-state index contributed by atoms with van der Waals surface area (Å²) < 4.78 is 68.8. The van der Waals surface area contributed by atoms with E-state index in [1.807, 2.05) is 34.6 Å². The Bertz CT molecular complexity index is 1700. The smallest absolute Gasteiger partial charge is 0.453 e. The molecule has 10 heteroatoms. The minimum absolute atomic E-state index is 0.0448. The van der Waals surface area contributed by atoms with Crippen molar-refractivity contribution in [1.82, 2.24) is 0 Å². The van der Waals surface area contributed by atoms with E-state index in [0.717, 1.165) is 17.7 Å². The predicted octanol–water partition coefficient (Wildman–Crippen LogP) is 8.32. The Hall–Kier alpha value is -4.73. The summed E-state index contributed by atoms with van der Waals surface area (Å²) in [4.78, 5) is 25.6. The molecular weight excluding hydrogens is 565 g/mol. The van der Waals surface area contributed by atoms with Crippen LogP contribution >= 0.6 is 0 Å². The summed E-state index contributed by atoms with van der Waals surface area (Å²) in [7, 11) is 0. The second-order valence-corrected chi connectivity index (χ2v) is 10.4. The molecule has 0 aliphatic rings. The number of hydrogen-bond donors (Lipinski definition) is 0. The van der Waals surface area contributed by atoms with E-state index in [-0.39, 0.29) is 22.3 Å². The van der Waals surface area contributed by atoms with Gasteiger partial charge in [0.1, 0.15) is 17.1 Å². The zero-order valence-electron chi connectivity index (χ0n) is 24.3. The minimum Gasteiger partial charge on any atom is -0.490 e. The van der Waals surface area contributed by atoms with Gasteiger partial charge in [0.25, 0.3) is 5.76 Å². The highest BCUT2D eigenvalue weighted by molar-refractivity contribution is 5.89. The lowest BCUT2D eigenvalue weighted by molar-refractivity contribution is -0.154. The van der Waals surface area contributed by atoms with Gasteiger partial charge >= 0.3 is 12.1 Å². The Morgan fingerprint density at radius 3 is 2.14 bits per heavy atom. The fourth-order valence-corrected chi connectivity index (χ4v) is 4.13. The van der Waals surface area contributed by atoms with Crippen LogP contribution in [0.3, 0.4) is 0 Å². The van der Waals surface area contributed by atoms with Gasteiger partial charge in [-0.15, -0.1) is 0 Å². The molecule has 4 aromatic rings. The van der Waals surface area contributed by atoms with Crippen LogP contribution in [0.25, 0.3) is 17.0 Å². The summed E-state index contributed by atoms with van der Waals surface area (Å²) in [6.45, 7) is 10.5. The molecule has 7 nitrogen and oxygen atoms in total. The number of fused-ring (bicyclic) bond motifs is 1. The molecule has 0 fully saturated rings. The molecule has 0 atom stereocenters. The van der Waals surface area contributed by atoms with Gasteiger partial charge in [0.2, 0.25) is 11.2 Å². The van der Waals surface area contributed by atoms with Crippen LogP contribution in [0.2, 0.25) is 0 Å². The molecule has 0 spiro atoms. The van der Waals surface area contributed by atoms with E-state index >= 15 is 0 Å². The first-order chi connectivity index (χ1) is 20.3. The third kappa shape index (κ3) is 7.57. The standard InChI is InChI=1S/C33H31F3O7/c1-6-39-25-16-8-20(18-27(25)40-7-2)9-17-28(37)41-23-14-15-24-26(19-23)43-31(33(34,35)36)30(29(24)38)42-22-12-10-21(11-13-22)32(3,4)5/h8-19H,6-7H2,1-5H3/b17-9+. The first-order valence-corrected chi connectivity index (χ1v) is 13.6. The molecule has 226 valence electrons. The van der Waals surface area contributed by atoms with Crippen molar-refractivity contribution in [2.75, 3.05) is 13.2 Å². The van der Waals surface area contributed by atoms with Crippen LogP contribution in [0.1, 0.15) is 51.5 Å². The van der Waals surface area contributed by atoms with E-state index in [1.165, 1.54) is 30.3 Å². The monoisotopic (exact) mass is 596 g/mol. The molecule has 0 amide bonds. The van der Waals surface area contributed by atoms with Crippen molar-refractivity contribution in [3.05, 3.63) is 93.9 Å². The molecule has 0 aliphatic heterocycles. The second-order valence-electron chi connectivity index (χ2n) is 10.4. The summed E-state index contributed by atoms with van der Waals surface area (Å²) >= 11 is 0. The van der Waals surface area contributed by atoms with Gasteiger partial charge < -0.3 is 23.4 Å². The van der Waals surface area contributed by atoms with Crippen molar-refractivity contribution in [2.45, 2.75) is 46.2 Å². The van der Waals surface area contributed by atoms with Gasteiger partial charge in [-0.2, -0.15) is 13.2 Å². The van der Waals surface area contributed by atoms with Gasteiger partial charge in [0.05, 0.1) is 18.6 Å². The SMILES string of the molecule is CCOc1ccc(/C=C/C(=O)Oc2ccc3c(=O)c(Oc4ccc(C(C)(C)C)cc4)c(C(F)(F)F)oc3c2)cc1OCC.